The smallest absolute Gasteiger partial charge is 0.241 e. The summed E-state index contributed by atoms with van der Waals surface area (Å²) in [4.78, 5) is 0.233. The fourth-order valence-corrected chi connectivity index (χ4v) is 3.66. The van der Waals surface area contributed by atoms with Gasteiger partial charge in [-0.1, -0.05) is 13.8 Å². The van der Waals surface area contributed by atoms with E-state index in [4.69, 9.17) is 10.5 Å². The van der Waals surface area contributed by atoms with E-state index in [2.05, 4.69) is 4.72 Å². The van der Waals surface area contributed by atoms with Crippen molar-refractivity contribution in [2.24, 2.45) is 5.92 Å². The summed E-state index contributed by atoms with van der Waals surface area (Å²) in [6.07, 6.45) is 0. The molecule has 1 aromatic rings. The first kappa shape index (κ1) is 16.9. The topological polar surface area (TPSA) is 81.4 Å². The van der Waals surface area contributed by atoms with Crippen molar-refractivity contribution < 1.29 is 13.2 Å². The summed E-state index contributed by atoms with van der Waals surface area (Å²) in [6, 6.07) is 2.99. The molecule has 0 saturated heterocycles. The third-order valence-electron chi connectivity index (χ3n) is 3.39. The van der Waals surface area contributed by atoms with Gasteiger partial charge in [-0.15, -0.1) is 0 Å². The van der Waals surface area contributed by atoms with Gasteiger partial charge in [0, 0.05) is 18.8 Å². The number of benzene rings is 1. The lowest BCUT2D eigenvalue weighted by molar-refractivity contribution is 0.157. The van der Waals surface area contributed by atoms with Gasteiger partial charge < -0.3 is 10.5 Å². The zero-order chi connectivity index (χ0) is 15.5. The van der Waals surface area contributed by atoms with Gasteiger partial charge in [0.05, 0.1) is 11.5 Å². The van der Waals surface area contributed by atoms with E-state index in [1.165, 1.54) is 6.07 Å². The lowest BCUT2D eigenvalue weighted by atomic mass is 10.1. The lowest BCUT2D eigenvalue weighted by Gasteiger charge is -2.22. The standard InChI is InChI=1S/C14H24N2O3S/c1-9(2)13(8-19-5)16-20(17,18)14-7-12(15)6-10(3)11(14)4/h6-7,9,13,16H,8,15H2,1-5H3. The molecule has 5 nitrogen and oxygen atoms in total. The van der Waals surface area contributed by atoms with Crippen LogP contribution in [0.1, 0.15) is 25.0 Å². The Kier molecular flexibility index (Phi) is 5.56. The molecule has 0 aliphatic carbocycles. The van der Waals surface area contributed by atoms with E-state index in [0.717, 1.165) is 5.56 Å². The lowest BCUT2D eigenvalue weighted by Crippen LogP contribution is -2.41. The molecule has 0 radical (unpaired) electrons. The molecule has 3 N–H and O–H groups in total. The predicted molar refractivity (Wildman–Crippen MR) is 81.2 cm³/mol. The van der Waals surface area contributed by atoms with E-state index >= 15 is 0 Å². The normalized spacial score (nSPS) is 13.7. The van der Waals surface area contributed by atoms with Crippen LogP contribution < -0.4 is 10.5 Å². The van der Waals surface area contributed by atoms with Crippen molar-refractivity contribution in [3.05, 3.63) is 23.3 Å². The van der Waals surface area contributed by atoms with Crippen molar-refractivity contribution in [1.82, 2.24) is 4.72 Å². The highest BCUT2D eigenvalue weighted by atomic mass is 32.2. The van der Waals surface area contributed by atoms with E-state index in [0.29, 0.717) is 17.9 Å². The SMILES string of the molecule is COCC(NS(=O)(=O)c1cc(N)cc(C)c1C)C(C)C. The van der Waals surface area contributed by atoms with E-state index in [1.807, 2.05) is 20.8 Å². The Morgan fingerprint density at radius 3 is 2.40 bits per heavy atom. The van der Waals surface area contributed by atoms with Gasteiger partial charge in [0.25, 0.3) is 0 Å². The summed E-state index contributed by atoms with van der Waals surface area (Å²) in [6.45, 7) is 7.86. The number of rotatable bonds is 6. The Bertz CT molecular complexity index is 568. The summed E-state index contributed by atoms with van der Waals surface area (Å²) in [5, 5.41) is 0. The number of hydrogen-bond donors (Lipinski definition) is 2. The van der Waals surface area contributed by atoms with Gasteiger partial charge in [-0.25, -0.2) is 13.1 Å². The van der Waals surface area contributed by atoms with Crippen LogP contribution in [0.4, 0.5) is 5.69 Å². The summed E-state index contributed by atoms with van der Waals surface area (Å²) in [5.74, 6) is 0.132. The molecule has 1 rings (SSSR count). The molecular formula is C14H24N2O3S. The second-order valence-electron chi connectivity index (χ2n) is 5.39. The number of aryl methyl sites for hydroxylation is 1. The first-order valence-electron chi connectivity index (χ1n) is 6.57. The van der Waals surface area contributed by atoms with Crippen molar-refractivity contribution in [1.29, 1.82) is 0 Å². The number of hydrogen-bond acceptors (Lipinski definition) is 4. The summed E-state index contributed by atoms with van der Waals surface area (Å²) < 4.78 is 32.8. The molecule has 6 heteroatoms. The molecule has 0 spiro atoms. The molecule has 0 saturated carbocycles. The van der Waals surface area contributed by atoms with E-state index < -0.39 is 10.0 Å². The van der Waals surface area contributed by atoms with E-state index in [1.54, 1.807) is 20.1 Å². The number of ether oxygens (including phenoxy) is 1. The second kappa shape index (κ2) is 6.56. The van der Waals surface area contributed by atoms with Gasteiger partial charge in [-0.05, 0) is 43.0 Å². The maximum atomic E-state index is 12.5. The van der Waals surface area contributed by atoms with Crippen molar-refractivity contribution >= 4 is 15.7 Å². The monoisotopic (exact) mass is 300 g/mol. The predicted octanol–water partition coefficient (Wildman–Crippen LogP) is 1.83. The average molecular weight is 300 g/mol. The van der Waals surface area contributed by atoms with Crippen LogP contribution in [0.15, 0.2) is 17.0 Å². The van der Waals surface area contributed by atoms with Crippen LogP contribution in [0.25, 0.3) is 0 Å². The van der Waals surface area contributed by atoms with E-state index in [-0.39, 0.29) is 16.9 Å². The molecular weight excluding hydrogens is 276 g/mol. The third-order valence-corrected chi connectivity index (χ3v) is 5.01. The summed E-state index contributed by atoms with van der Waals surface area (Å²) >= 11 is 0. The Morgan fingerprint density at radius 2 is 1.90 bits per heavy atom. The number of methoxy groups -OCH3 is 1. The Labute approximate surface area is 121 Å². The van der Waals surface area contributed by atoms with Gasteiger partial charge in [0.1, 0.15) is 0 Å². The van der Waals surface area contributed by atoms with Crippen LogP contribution in [0.5, 0.6) is 0 Å². The minimum atomic E-state index is -3.61. The van der Waals surface area contributed by atoms with Gasteiger partial charge in [-0.3, -0.25) is 0 Å². The molecule has 0 bridgehead atoms. The molecule has 1 atom stereocenters. The highest BCUT2D eigenvalue weighted by Gasteiger charge is 2.24. The molecule has 0 aliphatic rings. The number of anilines is 1. The number of nitrogens with one attached hydrogen (secondary N) is 1. The van der Waals surface area contributed by atoms with Gasteiger partial charge in [0.15, 0.2) is 0 Å². The van der Waals surface area contributed by atoms with Gasteiger partial charge in [-0.2, -0.15) is 0 Å². The van der Waals surface area contributed by atoms with Crippen molar-refractivity contribution in [2.75, 3.05) is 19.5 Å². The molecule has 114 valence electrons. The zero-order valence-corrected chi connectivity index (χ0v) is 13.5. The van der Waals surface area contributed by atoms with Crippen LogP contribution in [-0.4, -0.2) is 28.2 Å². The Hall–Kier alpha value is -1.11. The van der Waals surface area contributed by atoms with Gasteiger partial charge in [0.2, 0.25) is 10.0 Å². The third kappa shape index (κ3) is 3.94. The fraction of sp³-hybridized carbons (Fsp3) is 0.571. The van der Waals surface area contributed by atoms with Crippen LogP contribution in [0.2, 0.25) is 0 Å². The second-order valence-corrected chi connectivity index (χ2v) is 7.07. The molecule has 1 aromatic carbocycles. The highest BCUT2D eigenvalue weighted by molar-refractivity contribution is 7.89. The molecule has 0 heterocycles. The largest absolute Gasteiger partial charge is 0.399 e. The Morgan fingerprint density at radius 1 is 1.30 bits per heavy atom. The Balaban J connectivity index is 3.17. The molecule has 0 aliphatic heterocycles. The quantitative estimate of drug-likeness (QED) is 0.785. The molecule has 1 unspecified atom stereocenters. The molecule has 0 amide bonds. The highest BCUT2D eigenvalue weighted by Crippen LogP contribution is 2.23. The van der Waals surface area contributed by atoms with Crippen LogP contribution in [-0.2, 0) is 14.8 Å². The first-order valence-corrected chi connectivity index (χ1v) is 8.05. The maximum absolute atomic E-state index is 12.5. The molecule has 0 aromatic heterocycles. The van der Waals surface area contributed by atoms with Crippen molar-refractivity contribution in [2.45, 2.75) is 38.6 Å². The molecule has 20 heavy (non-hydrogen) atoms. The summed E-state index contributed by atoms with van der Waals surface area (Å²) in [5.41, 5.74) is 7.78. The maximum Gasteiger partial charge on any atom is 0.241 e. The fourth-order valence-electron chi connectivity index (χ4n) is 1.94. The van der Waals surface area contributed by atoms with Crippen LogP contribution in [0, 0.1) is 19.8 Å². The minimum absolute atomic E-state index is 0.132. The number of nitrogen functional groups attached to an aromatic ring is 1. The van der Waals surface area contributed by atoms with Crippen molar-refractivity contribution in [3.8, 4) is 0 Å². The number of sulfonamides is 1. The number of nitrogens with two attached hydrogens (primary N) is 1. The van der Waals surface area contributed by atoms with Gasteiger partial charge >= 0.3 is 0 Å². The minimum Gasteiger partial charge on any atom is -0.399 e. The van der Waals surface area contributed by atoms with Crippen LogP contribution >= 0.6 is 0 Å². The molecule has 0 fully saturated rings. The first-order chi connectivity index (χ1) is 9.19. The van der Waals surface area contributed by atoms with Crippen LogP contribution in [0.3, 0.4) is 0 Å². The van der Waals surface area contributed by atoms with Crippen molar-refractivity contribution in [3.63, 3.8) is 0 Å². The van der Waals surface area contributed by atoms with E-state index in [9.17, 15) is 8.42 Å². The summed E-state index contributed by atoms with van der Waals surface area (Å²) in [7, 11) is -2.06. The zero-order valence-electron chi connectivity index (χ0n) is 12.7. The average Bonchev–Trinajstić information content (AvgIpc) is 2.32.